The van der Waals surface area contributed by atoms with E-state index in [-0.39, 0.29) is 24.3 Å². The van der Waals surface area contributed by atoms with Crippen molar-refractivity contribution in [2.24, 2.45) is 0 Å². The number of para-hydroxylation sites is 1. The summed E-state index contributed by atoms with van der Waals surface area (Å²) in [5.74, 6) is 0.229. The molecule has 1 atom stereocenters. The monoisotopic (exact) mass is 278 g/mol. The minimum absolute atomic E-state index is 0.0559. The summed E-state index contributed by atoms with van der Waals surface area (Å²) in [6.07, 6.45) is 1.16. The SMILES string of the molecule is CCC(C)NC(=O)CCNC(=O)c1ccccc1OC. The van der Waals surface area contributed by atoms with Crippen LogP contribution in [0.25, 0.3) is 0 Å². The van der Waals surface area contributed by atoms with Crippen molar-refractivity contribution < 1.29 is 14.3 Å². The number of nitrogens with one attached hydrogen (secondary N) is 2. The van der Waals surface area contributed by atoms with Crippen molar-refractivity contribution in [2.45, 2.75) is 32.7 Å². The summed E-state index contributed by atoms with van der Waals surface area (Å²) < 4.78 is 5.12. The zero-order valence-corrected chi connectivity index (χ0v) is 12.2. The van der Waals surface area contributed by atoms with Crippen LogP contribution in [-0.2, 0) is 4.79 Å². The maximum atomic E-state index is 12.0. The Bertz CT molecular complexity index is 460. The number of amides is 2. The zero-order valence-electron chi connectivity index (χ0n) is 12.2. The molecule has 1 aromatic carbocycles. The van der Waals surface area contributed by atoms with Crippen LogP contribution in [0.2, 0.25) is 0 Å². The van der Waals surface area contributed by atoms with Crippen molar-refractivity contribution in [1.82, 2.24) is 10.6 Å². The Labute approximate surface area is 119 Å². The fourth-order valence-corrected chi connectivity index (χ4v) is 1.67. The fraction of sp³-hybridized carbons (Fsp3) is 0.467. The van der Waals surface area contributed by atoms with Gasteiger partial charge in [0.2, 0.25) is 5.91 Å². The smallest absolute Gasteiger partial charge is 0.255 e. The molecule has 20 heavy (non-hydrogen) atoms. The van der Waals surface area contributed by atoms with Gasteiger partial charge >= 0.3 is 0 Å². The first kappa shape index (κ1) is 16.0. The Hall–Kier alpha value is -2.04. The summed E-state index contributed by atoms with van der Waals surface area (Å²) >= 11 is 0. The molecule has 0 aliphatic carbocycles. The van der Waals surface area contributed by atoms with Gasteiger partial charge in [-0.1, -0.05) is 19.1 Å². The number of methoxy groups -OCH3 is 1. The standard InChI is InChI=1S/C15H22N2O3/c1-4-11(2)17-14(18)9-10-16-15(19)12-7-5-6-8-13(12)20-3/h5-8,11H,4,9-10H2,1-3H3,(H,16,19)(H,17,18). The Morgan fingerprint density at radius 2 is 2.00 bits per heavy atom. The summed E-state index contributed by atoms with van der Waals surface area (Å²) in [5.41, 5.74) is 0.470. The van der Waals surface area contributed by atoms with Gasteiger partial charge in [-0.05, 0) is 25.5 Å². The highest BCUT2D eigenvalue weighted by atomic mass is 16.5. The summed E-state index contributed by atoms with van der Waals surface area (Å²) in [4.78, 5) is 23.5. The van der Waals surface area contributed by atoms with E-state index < -0.39 is 0 Å². The van der Waals surface area contributed by atoms with Crippen LogP contribution in [0.3, 0.4) is 0 Å². The molecule has 1 aromatic rings. The van der Waals surface area contributed by atoms with Gasteiger partial charge < -0.3 is 15.4 Å². The van der Waals surface area contributed by atoms with Crippen LogP contribution in [0, 0.1) is 0 Å². The molecule has 0 aliphatic rings. The minimum atomic E-state index is -0.237. The lowest BCUT2D eigenvalue weighted by Gasteiger charge is -2.12. The van der Waals surface area contributed by atoms with E-state index in [1.165, 1.54) is 7.11 Å². The zero-order chi connectivity index (χ0) is 15.0. The minimum Gasteiger partial charge on any atom is -0.496 e. The number of hydrogen-bond donors (Lipinski definition) is 2. The van der Waals surface area contributed by atoms with Crippen LogP contribution in [0.5, 0.6) is 5.75 Å². The maximum absolute atomic E-state index is 12.0. The molecule has 0 saturated heterocycles. The number of benzene rings is 1. The van der Waals surface area contributed by atoms with Gasteiger partial charge in [0.1, 0.15) is 5.75 Å². The second kappa shape index (κ2) is 8.19. The predicted octanol–water partition coefficient (Wildman–Crippen LogP) is 1.73. The molecule has 5 heteroatoms. The number of carbonyl (C=O) groups excluding carboxylic acids is 2. The molecule has 0 aromatic heterocycles. The average molecular weight is 278 g/mol. The lowest BCUT2D eigenvalue weighted by atomic mass is 10.2. The Kier molecular flexibility index (Phi) is 6.56. The third-order valence-electron chi connectivity index (χ3n) is 3.01. The second-order valence-electron chi connectivity index (χ2n) is 4.58. The highest BCUT2D eigenvalue weighted by Gasteiger charge is 2.11. The van der Waals surface area contributed by atoms with E-state index in [1.54, 1.807) is 24.3 Å². The lowest BCUT2D eigenvalue weighted by molar-refractivity contribution is -0.121. The van der Waals surface area contributed by atoms with Crippen molar-refractivity contribution in [3.63, 3.8) is 0 Å². The van der Waals surface area contributed by atoms with Crippen LogP contribution in [-0.4, -0.2) is 31.5 Å². The maximum Gasteiger partial charge on any atom is 0.255 e. The van der Waals surface area contributed by atoms with Gasteiger partial charge in [0.05, 0.1) is 12.7 Å². The van der Waals surface area contributed by atoms with Crippen molar-refractivity contribution in [3.8, 4) is 5.75 Å². The highest BCUT2D eigenvalue weighted by molar-refractivity contribution is 5.97. The molecular weight excluding hydrogens is 256 g/mol. The molecule has 2 amide bonds. The van der Waals surface area contributed by atoms with Crippen LogP contribution < -0.4 is 15.4 Å². The number of hydrogen-bond acceptors (Lipinski definition) is 3. The molecule has 0 aliphatic heterocycles. The molecule has 1 unspecified atom stereocenters. The van der Waals surface area contributed by atoms with E-state index >= 15 is 0 Å². The second-order valence-corrected chi connectivity index (χ2v) is 4.58. The molecule has 0 fully saturated rings. The Morgan fingerprint density at radius 1 is 1.30 bits per heavy atom. The normalized spacial score (nSPS) is 11.6. The van der Waals surface area contributed by atoms with Crippen LogP contribution >= 0.6 is 0 Å². The molecule has 1 rings (SSSR count). The van der Waals surface area contributed by atoms with E-state index in [0.29, 0.717) is 17.9 Å². The topological polar surface area (TPSA) is 67.4 Å². The van der Waals surface area contributed by atoms with Gasteiger partial charge in [-0.15, -0.1) is 0 Å². The molecule has 0 spiro atoms. The van der Waals surface area contributed by atoms with Gasteiger partial charge in [-0.2, -0.15) is 0 Å². The molecule has 0 saturated carbocycles. The third kappa shape index (κ3) is 4.91. The molecule has 5 nitrogen and oxygen atoms in total. The Balaban J connectivity index is 2.42. The van der Waals surface area contributed by atoms with Gasteiger partial charge in [0, 0.05) is 19.0 Å². The first-order valence-corrected chi connectivity index (χ1v) is 6.79. The molecule has 2 N–H and O–H groups in total. The van der Waals surface area contributed by atoms with Crippen molar-refractivity contribution in [1.29, 1.82) is 0 Å². The average Bonchev–Trinajstić information content (AvgIpc) is 2.46. The molecule has 0 radical (unpaired) electrons. The van der Waals surface area contributed by atoms with E-state index in [9.17, 15) is 9.59 Å². The van der Waals surface area contributed by atoms with Crippen LogP contribution in [0.4, 0.5) is 0 Å². The third-order valence-corrected chi connectivity index (χ3v) is 3.01. The van der Waals surface area contributed by atoms with Gasteiger partial charge in [-0.3, -0.25) is 9.59 Å². The van der Waals surface area contributed by atoms with Gasteiger partial charge in [-0.25, -0.2) is 0 Å². The van der Waals surface area contributed by atoms with Gasteiger partial charge in [0.15, 0.2) is 0 Å². The first-order chi connectivity index (χ1) is 9.58. The van der Waals surface area contributed by atoms with Crippen molar-refractivity contribution in [2.75, 3.05) is 13.7 Å². The molecule has 110 valence electrons. The van der Waals surface area contributed by atoms with E-state index in [1.807, 2.05) is 13.8 Å². The van der Waals surface area contributed by atoms with Crippen molar-refractivity contribution >= 4 is 11.8 Å². The molecular formula is C15H22N2O3. The summed E-state index contributed by atoms with van der Waals surface area (Å²) in [6.45, 7) is 4.26. The number of rotatable bonds is 7. The van der Waals surface area contributed by atoms with E-state index in [4.69, 9.17) is 4.74 Å². The molecule has 0 bridgehead atoms. The predicted molar refractivity (Wildman–Crippen MR) is 77.8 cm³/mol. The molecule has 0 heterocycles. The number of carbonyl (C=O) groups is 2. The Morgan fingerprint density at radius 3 is 2.65 bits per heavy atom. The summed E-state index contributed by atoms with van der Waals surface area (Å²) in [5, 5.41) is 5.57. The van der Waals surface area contributed by atoms with Crippen LogP contribution in [0.15, 0.2) is 24.3 Å². The largest absolute Gasteiger partial charge is 0.496 e. The van der Waals surface area contributed by atoms with E-state index in [2.05, 4.69) is 10.6 Å². The van der Waals surface area contributed by atoms with Crippen molar-refractivity contribution in [3.05, 3.63) is 29.8 Å². The van der Waals surface area contributed by atoms with Gasteiger partial charge in [0.25, 0.3) is 5.91 Å². The number of ether oxygens (including phenoxy) is 1. The van der Waals surface area contributed by atoms with E-state index in [0.717, 1.165) is 6.42 Å². The lowest BCUT2D eigenvalue weighted by Crippen LogP contribution is -2.35. The first-order valence-electron chi connectivity index (χ1n) is 6.79. The fourth-order valence-electron chi connectivity index (χ4n) is 1.67. The highest BCUT2D eigenvalue weighted by Crippen LogP contribution is 2.16. The van der Waals surface area contributed by atoms with Crippen LogP contribution in [0.1, 0.15) is 37.0 Å². The summed E-state index contributed by atoms with van der Waals surface area (Å²) in [7, 11) is 1.52. The summed E-state index contributed by atoms with van der Waals surface area (Å²) in [6, 6.07) is 7.15. The quantitative estimate of drug-likeness (QED) is 0.798.